The van der Waals surface area contributed by atoms with Crippen LogP contribution in [-0.4, -0.2) is 37.4 Å². The van der Waals surface area contributed by atoms with E-state index in [4.69, 9.17) is 14.6 Å². The highest BCUT2D eigenvalue weighted by Gasteiger charge is 2.16. The molecule has 1 atom stereocenters. The van der Waals surface area contributed by atoms with Crippen molar-refractivity contribution in [3.63, 3.8) is 0 Å². The number of aliphatic hydroxyl groups is 1. The van der Waals surface area contributed by atoms with Gasteiger partial charge in [0.25, 0.3) is 6.47 Å². The molecule has 2 aromatic rings. The SMILES string of the molecule is C=C(C)C.C=C(CO)C(=O)OCC(COC=O)Cc1ccc(CCc2ccc(CCCCC)c(C)c2)c(C)c1. The van der Waals surface area contributed by atoms with Gasteiger partial charge in [-0.1, -0.05) is 68.3 Å². The van der Waals surface area contributed by atoms with Crippen molar-refractivity contribution in [2.24, 2.45) is 5.92 Å². The first-order chi connectivity index (χ1) is 18.6. The summed E-state index contributed by atoms with van der Waals surface area (Å²) >= 11 is 0. The fourth-order valence-corrected chi connectivity index (χ4v) is 4.24. The van der Waals surface area contributed by atoms with Crippen LogP contribution in [0, 0.1) is 19.8 Å². The predicted octanol–water partition coefficient (Wildman–Crippen LogP) is 6.83. The largest absolute Gasteiger partial charge is 0.467 e. The number of hydrogen-bond donors (Lipinski definition) is 1. The predicted molar refractivity (Wildman–Crippen MR) is 160 cm³/mol. The second-order valence-electron chi connectivity index (χ2n) is 10.5. The van der Waals surface area contributed by atoms with Gasteiger partial charge in [0, 0.05) is 5.92 Å². The third-order valence-corrected chi connectivity index (χ3v) is 6.40. The van der Waals surface area contributed by atoms with Gasteiger partial charge in [-0.3, -0.25) is 4.79 Å². The Kier molecular flexibility index (Phi) is 16.5. The average Bonchev–Trinajstić information content (AvgIpc) is 2.90. The van der Waals surface area contributed by atoms with E-state index in [1.165, 1.54) is 52.7 Å². The van der Waals surface area contributed by atoms with Crippen LogP contribution in [0.5, 0.6) is 0 Å². The first kappa shape index (κ1) is 33.8. The molecule has 214 valence electrons. The van der Waals surface area contributed by atoms with Crippen molar-refractivity contribution in [2.75, 3.05) is 19.8 Å². The number of hydrogen-bond acceptors (Lipinski definition) is 5. The number of carbonyl (C=O) groups excluding carboxylic acids is 2. The van der Waals surface area contributed by atoms with Crippen LogP contribution in [0.4, 0.5) is 0 Å². The maximum absolute atomic E-state index is 11.8. The molecule has 5 heteroatoms. The summed E-state index contributed by atoms with van der Waals surface area (Å²) in [4.78, 5) is 22.5. The Hall–Kier alpha value is -3.18. The third kappa shape index (κ3) is 14.0. The number of esters is 1. The van der Waals surface area contributed by atoms with Crippen molar-refractivity contribution < 1.29 is 24.2 Å². The van der Waals surface area contributed by atoms with Crippen molar-refractivity contribution in [1.29, 1.82) is 0 Å². The van der Waals surface area contributed by atoms with Gasteiger partial charge in [-0.05, 0) is 93.2 Å². The lowest BCUT2D eigenvalue weighted by molar-refractivity contribution is -0.142. The van der Waals surface area contributed by atoms with Gasteiger partial charge in [0.1, 0.15) is 0 Å². The second-order valence-corrected chi connectivity index (χ2v) is 10.5. The van der Waals surface area contributed by atoms with Crippen LogP contribution in [-0.2, 0) is 44.7 Å². The Balaban J connectivity index is 0.00000177. The van der Waals surface area contributed by atoms with Crippen molar-refractivity contribution in [1.82, 2.24) is 0 Å². The van der Waals surface area contributed by atoms with E-state index in [9.17, 15) is 9.59 Å². The highest BCUT2D eigenvalue weighted by molar-refractivity contribution is 5.87. The summed E-state index contributed by atoms with van der Waals surface area (Å²) in [5.41, 5.74) is 9.00. The minimum absolute atomic E-state index is 0.00146. The average molecular weight is 537 g/mol. The minimum atomic E-state index is -0.639. The Labute approximate surface area is 235 Å². The van der Waals surface area contributed by atoms with E-state index in [1.807, 2.05) is 13.8 Å². The number of benzene rings is 2. The number of aryl methyl sites for hydroxylation is 5. The molecule has 0 saturated carbocycles. The summed E-state index contributed by atoms with van der Waals surface area (Å²) < 4.78 is 10.1. The quantitative estimate of drug-likeness (QED) is 0.0837. The van der Waals surface area contributed by atoms with E-state index in [0.717, 1.165) is 24.8 Å². The molecule has 0 aromatic heterocycles. The number of ether oxygens (including phenoxy) is 2. The molecule has 0 heterocycles. The molecule has 5 nitrogen and oxygen atoms in total. The molecule has 0 aliphatic rings. The molecule has 0 aliphatic carbocycles. The Morgan fingerprint density at radius 1 is 0.923 bits per heavy atom. The zero-order chi connectivity index (χ0) is 29.2. The van der Waals surface area contributed by atoms with Crippen LogP contribution in [0.3, 0.4) is 0 Å². The van der Waals surface area contributed by atoms with Gasteiger partial charge < -0.3 is 14.6 Å². The Bertz CT molecular complexity index is 1070. The van der Waals surface area contributed by atoms with Gasteiger partial charge in [-0.15, -0.1) is 6.58 Å². The molecule has 0 fully saturated rings. The molecule has 2 aromatic carbocycles. The van der Waals surface area contributed by atoms with Crippen LogP contribution in [0.25, 0.3) is 0 Å². The number of unbranched alkanes of at least 4 members (excludes halogenated alkanes) is 2. The minimum Gasteiger partial charge on any atom is -0.467 e. The van der Waals surface area contributed by atoms with Crippen molar-refractivity contribution in [3.8, 4) is 0 Å². The second kappa shape index (κ2) is 19.0. The summed E-state index contributed by atoms with van der Waals surface area (Å²) in [5.74, 6) is -0.820. The number of aliphatic hydroxyl groups excluding tert-OH is 1. The molecule has 0 aliphatic heterocycles. The molecule has 39 heavy (non-hydrogen) atoms. The molecule has 0 spiro atoms. The van der Waals surface area contributed by atoms with Gasteiger partial charge in [-0.2, -0.15) is 0 Å². The van der Waals surface area contributed by atoms with Gasteiger partial charge >= 0.3 is 5.97 Å². The summed E-state index contributed by atoms with van der Waals surface area (Å²) in [6, 6.07) is 13.3. The lowest BCUT2D eigenvalue weighted by atomic mass is 9.93. The zero-order valence-electron chi connectivity index (χ0n) is 24.7. The third-order valence-electron chi connectivity index (χ3n) is 6.40. The lowest BCUT2D eigenvalue weighted by Crippen LogP contribution is -2.22. The molecule has 0 saturated heterocycles. The summed E-state index contributed by atoms with van der Waals surface area (Å²) in [7, 11) is 0. The van der Waals surface area contributed by atoms with E-state index in [-0.39, 0.29) is 24.7 Å². The molecule has 0 amide bonds. The molecule has 1 unspecified atom stereocenters. The summed E-state index contributed by atoms with van der Waals surface area (Å²) in [6.07, 6.45) is 7.52. The van der Waals surface area contributed by atoms with E-state index in [1.54, 1.807) is 0 Å². The van der Waals surface area contributed by atoms with E-state index < -0.39 is 12.6 Å². The molecule has 2 rings (SSSR count). The van der Waals surface area contributed by atoms with Crippen LogP contribution in [0.15, 0.2) is 60.7 Å². The summed E-state index contributed by atoms with van der Waals surface area (Å²) in [6.45, 7) is 17.7. The van der Waals surface area contributed by atoms with E-state index >= 15 is 0 Å². The Morgan fingerprint density at radius 3 is 2.08 bits per heavy atom. The fraction of sp³-hybridized carbons (Fsp3) is 0.471. The number of carbonyl (C=O) groups is 2. The van der Waals surface area contributed by atoms with Gasteiger partial charge in [-0.25, -0.2) is 4.79 Å². The van der Waals surface area contributed by atoms with Crippen LogP contribution >= 0.6 is 0 Å². The van der Waals surface area contributed by atoms with Crippen molar-refractivity contribution >= 4 is 12.4 Å². The van der Waals surface area contributed by atoms with Gasteiger partial charge in [0.05, 0.1) is 25.4 Å². The van der Waals surface area contributed by atoms with Crippen LogP contribution in [0.1, 0.15) is 73.4 Å². The first-order valence-electron chi connectivity index (χ1n) is 13.9. The molecule has 1 N–H and O–H groups in total. The highest BCUT2D eigenvalue weighted by Crippen LogP contribution is 2.20. The van der Waals surface area contributed by atoms with Crippen LogP contribution in [0.2, 0.25) is 0 Å². The van der Waals surface area contributed by atoms with E-state index in [0.29, 0.717) is 12.9 Å². The fourth-order valence-electron chi connectivity index (χ4n) is 4.24. The van der Waals surface area contributed by atoms with Crippen molar-refractivity contribution in [3.05, 3.63) is 94.1 Å². The highest BCUT2D eigenvalue weighted by atomic mass is 16.5. The number of rotatable bonds is 16. The standard InChI is InChI=1S/C30H40O5.C4H8/c1-5-6-7-8-28-12-9-25(15-22(28)2)10-13-29-14-11-26(16-23(29)3)17-27(19-34-21-32)20-35-30(33)24(4)18-31;1-4(2)3/h9,11-12,14-16,21,27,31H,4-8,10,13,17-20H2,1-3H3;1H2,2-3H3. The summed E-state index contributed by atoms with van der Waals surface area (Å²) in [5, 5.41) is 9.01. The monoisotopic (exact) mass is 536 g/mol. The smallest absolute Gasteiger partial charge is 0.335 e. The normalized spacial score (nSPS) is 11.1. The number of allylic oxidation sites excluding steroid dienone is 1. The molecular formula is C34H48O5. The van der Waals surface area contributed by atoms with Crippen molar-refractivity contribution in [2.45, 2.75) is 79.6 Å². The van der Waals surface area contributed by atoms with Gasteiger partial charge in [0.15, 0.2) is 0 Å². The maximum Gasteiger partial charge on any atom is 0.335 e. The first-order valence-corrected chi connectivity index (χ1v) is 13.9. The topological polar surface area (TPSA) is 72.8 Å². The molecule has 0 bridgehead atoms. The maximum atomic E-state index is 11.8. The van der Waals surface area contributed by atoms with E-state index in [2.05, 4.69) is 70.3 Å². The molecule has 0 radical (unpaired) electrons. The lowest BCUT2D eigenvalue weighted by Gasteiger charge is -2.17. The Morgan fingerprint density at radius 2 is 1.51 bits per heavy atom. The zero-order valence-corrected chi connectivity index (χ0v) is 24.7. The van der Waals surface area contributed by atoms with Crippen LogP contribution < -0.4 is 0 Å². The molecular weight excluding hydrogens is 488 g/mol. The van der Waals surface area contributed by atoms with Gasteiger partial charge in [0.2, 0.25) is 0 Å².